The van der Waals surface area contributed by atoms with Crippen LogP contribution >= 0.6 is 27.3 Å². The molecule has 1 aliphatic rings. The smallest absolute Gasteiger partial charge is 0.0701 e. The Balaban J connectivity index is 1.82. The van der Waals surface area contributed by atoms with E-state index in [1.54, 1.807) is 0 Å². The van der Waals surface area contributed by atoms with Crippen molar-refractivity contribution in [1.29, 1.82) is 0 Å². The van der Waals surface area contributed by atoms with Gasteiger partial charge in [0, 0.05) is 11.4 Å². The normalized spacial score (nSPS) is 19.6. The van der Waals surface area contributed by atoms with Crippen molar-refractivity contribution in [2.24, 2.45) is 5.92 Å². The van der Waals surface area contributed by atoms with Gasteiger partial charge in [-0.25, -0.2) is 0 Å². The quantitative estimate of drug-likeness (QED) is 0.808. The van der Waals surface area contributed by atoms with Crippen LogP contribution in [0.5, 0.6) is 0 Å². The SMILES string of the molecule is CCC1CCN(Cc2ccc(Br)s2)CC1. The summed E-state index contributed by atoms with van der Waals surface area (Å²) in [5.74, 6) is 0.983. The lowest BCUT2D eigenvalue weighted by Gasteiger charge is -2.31. The highest BCUT2D eigenvalue weighted by Crippen LogP contribution is 2.26. The van der Waals surface area contributed by atoms with E-state index in [0.717, 1.165) is 12.5 Å². The van der Waals surface area contributed by atoms with Crippen LogP contribution in [0.25, 0.3) is 0 Å². The van der Waals surface area contributed by atoms with E-state index in [9.17, 15) is 0 Å². The predicted octanol–water partition coefficient (Wildman–Crippen LogP) is 4.13. The molecule has 0 atom stereocenters. The third-order valence-electron chi connectivity index (χ3n) is 3.29. The van der Waals surface area contributed by atoms with E-state index in [1.165, 1.54) is 41.0 Å². The first-order chi connectivity index (χ1) is 7.28. The zero-order chi connectivity index (χ0) is 10.7. The highest BCUT2D eigenvalue weighted by Gasteiger charge is 2.17. The van der Waals surface area contributed by atoms with E-state index in [0.29, 0.717) is 0 Å². The van der Waals surface area contributed by atoms with Gasteiger partial charge in [0.25, 0.3) is 0 Å². The number of piperidine rings is 1. The van der Waals surface area contributed by atoms with Gasteiger partial charge in [0.05, 0.1) is 3.79 Å². The fourth-order valence-corrected chi connectivity index (χ4v) is 3.74. The summed E-state index contributed by atoms with van der Waals surface area (Å²) in [6.07, 6.45) is 4.14. The van der Waals surface area contributed by atoms with E-state index < -0.39 is 0 Å². The molecule has 2 rings (SSSR count). The lowest BCUT2D eigenvalue weighted by atomic mass is 9.94. The first-order valence-electron chi connectivity index (χ1n) is 5.74. The monoisotopic (exact) mass is 287 g/mol. The van der Waals surface area contributed by atoms with Crippen LogP contribution in [0.2, 0.25) is 0 Å². The van der Waals surface area contributed by atoms with Gasteiger partial charge < -0.3 is 0 Å². The molecule has 15 heavy (non-hydrogen) atoms. The van der Waals surface area contributed by atoms with Crippen LogP contribution in [0.15, 0.2) is 15.9 Å². The van der Waals surface area contributed by atoms with Gasteiger partial charge in [-0.05, 0) is 59.9 Å². The second kappa shape index (κ2) is 5.46. The maximum absolute atomic E-state index is 3.52. The summed E-state index contributed by atoms with van der Waals surface area (Å²) in [7, 11) is 0. The first kappa shape index (κ1) is 11.6. The van der Waals surface area contributed by atoms with Crippen molar-refractivity contribution in [3.63, 3.8) is 0 Å². The number of hydrogen-bond acceptors (Lipinski definition) is 2. The second-order valence-electron chi connectivity index (χ2n) is 4.33. The summed E-state index contributed by atoms with van der Waals surface area (Å²) < 4.78 is 1.25. The highest BCUT2D eigenvalue weighted by molar-refractivity contribution is 9.11. The van der Waals surface area contributed by atoms with E-state index in [-0.39, 0.29) is 0 Å². The number of hydrogen-bond donors (Lipinski definition) is 0. The Labute approximate surface area is 105 Å². The van der Waals surface area contributed by atoms with Crippen molar-refractivity contribution >= 4 is 27.3 Å². The number of thiophene rings is 1. The molecule has 1 fully saturated rings. The van der Waals surface area contributed by atoms with Crippen LogP contribution < -0.4 is 0 Å². The number of nitrogens with zero attached hydrogens (tertiary/aromatic N) is 1. The Morgan fingerprint density at radius 2 is 2.13 bits per heavy atom. The standard InChI is InChI=1S/C12H18BrNS/c1-2-10-5-7-14(8-6-10)9-11-3-4-12(13)15-11/h3-4,10H,2,5-9H2,1H3. The van der Waals surface area contributed by atoms with Crippen molar-refractivity contribution in [2.45, 2.75) is 32.7 Å². The molecule has 1 nitrogen and oxygen atoms in total. The molecule has 3 heteroatoms. The summed E-state index contributed by atoms with van der Waals surface area (Å²) >= 11 is 5.38. The molecule has 0 unspecified atom stereocenters. The van der Waals surface area contributed by atoms with Crippen LogP contribution in [-0.2, 0) is 6.54 Å². The average Bonchev–Trinajstić information content (AvgIpc) is 2.65. The fourth-order valence-electron chi connectivity index (χ4n) is 2.21. The molecule has 0 spiro atoms. The first-order valence-corrected chi connectivity index (χ1v) is 7.35. The van der Waals surface area contributed by atoms with Gasteiger partial charge in [0.15, 0.2) is 0 Å². The van der Waals surface area contributed by atoms with E-state index in [1.807, 2.05) is 11.3 Å². The predicted molar refractivity (Wildman–Crippen MR) is 70.3 cm³/mol. The summed E-state index contributed by atoms with van der Waals surface area (Å²) in [4.78, 5) is 4.07. The Bertz CT molecular complexity index is 302. The average molecular weight is 288 g/mol. The molecular formula is C12H18BrNS. The maximum atomic E-state index is 3.52. The number of rotatable bonds is 3. The van der Waals surface area contributed by atoms with E-state index >= 15 is 0 Å². The minimum Gasteiger partial charge on any atom is -0.298 e. The zero-order valence-corrected chi connectivity index (χ0v) is 11.6. The summed E-state index contributed by atoms with van der Waals surface area (Å²) in [6.45, 7) is 6.03. The third-order valence-corrected chi connectivity index (χ3v) is 4.90. The van der Waals surface area contributed by atoms with Gasteiger partial charge in [-0.15, -0.1) is 11.3 Å². The number of likely N-dealkylation sites (tertiary alicyclic amines) is 1. The van der Waals surface area contributed by atoms with E-state index in [2.05, 4.69) is 39.9 Å². The van der Waals surface area contributed by atoms with Crippen LogP contribution in [0.3, 0.4) is 0 Å². The Morgan fingerprint density at radius 3 is 2.67 bits per heavy atom. The minimum atomic E-state index is 0.983. The molecule has 1 saturated heterocycles. The summed E-state index contributed by atoms with van der Waals surface area (Å²) in [6, 6.07) is 4.39. The zero-order valence-electron chi connectivity index (χ0n) is 9.21. The Kier molecular flexibility index (Phi) is 4.23. The molecule has 0 aliphatic carbocycles. The fraction of sp³-hybridized carbons (Fsp3) is 0.667. The second-order valence-corrected chi connectivity index (χ2v) is 6.88. The molecule has 0 bridgehead atoms. The molecule has 1 aromatic rings. The molecule has 0 N–H and O–H groups in total. The summed E-state index contributed by atoms with van der Waals surface area (Å²) in [5, 5.41) is 0. The van der Waals surface area contributed by atoms with Crippen LogP contribution in [-0.4, -0.2) is 18.0 Å². The van der Waals surface area contributed by atoms with Crippen molar-refractivity contribution < 1.29 is 0 Å². The third kappa shape index (κ3) is 3.30. The molecule has 84 valence electrons. The molecule has 1 aliphatic heterocycles. The lowest BCUT2D eigenvalue weighted by Crippen LogP contribution is -2.32. The molecule has 0 radical (unpaired) electrons. The van der Waals surface area contributed by atoms with Crippen LogP contribution in [0.1, 0.15) is 31.1 Å². The van der Waals surface area contributed by atoms with Crippen molar-refractivity contribution in [1.82, 2.24) is 4.90 Å². The van der Waals surface area contributed by atoms with Gasteiger partial charge in [-0.3, -0.25) is 4.90 Å². The molecular weight excluding hydrogens is 270 g/mol. The van der Waals surface area contributed by atoms with Gasteiger partial charge in [0.1, 0.15) is 0 Å². The Hall–Kier alpha value is 0.140. The maximum Gasteiger partial charge on any atom is 0.0701 e. The van der Waals surface area contributed by atoms with Gasteiger partial charge in [-0.2, -0.15) is 0 Å². The van der Waals surface area contributed by atoms with Gasteiger partial charge in [-0.1, -0.05) is 13.3 Å². The Morgan fingerprint density at radius 1 is 1.40 bits per heavy atom. The number of halogens is 1. The van der Waals surface area contributed by atoms with Crippen LogP contribution in [0, 0.1) is 5.92 Å². The lowest BCUT2D eigenvalue weighted by molar-refractivity contribution is 0.176. The van der Waals surface area contributed by atoms with E-state index in [4.69, 9.17) is 0 Å². The molecule has 0 aromatic carbocycles. The van der Waals surface area contributed by atoms with Crippen molar-refractivity contribution in [2.75, 3.05) is 13.1 Å². The topological polar surface area (TPSA) is 3.24 Å². The van der Waals surface area contributed by atoms with Crippen molar-refractivity contribution in [3.8, 4) is 0 Å². The highest BCUT2D eigenvalue weighted by atomic mass is 79.9. The van der Waals surface area contributed by atoms with Crippen molar-refractivity contribution in [3.05, 3.63) is 20.8 Å². The minimum absolute atomic E-state index is 0.983. The molecule has 1 aromatic heterocycles. The molecule has 0 amide bonds. The van der Waals surface area contributed by atoms with Gasteiger partial charge >= 0.3 is 0 Å². The van der Waals surface area contributed by atoms with Crippen LogP contribution in [0.4, 0.5) is 0 Å². The molecule has 2 heterocycles. The molecule has 0 saturated carbocycles. The summed E-state index contributed by atoms with van der Waals surface area (Å²) in [5.41, 5.74) is 0. The largest absolute Gasteiger partial charge is 0.298 e. The van der Waals surface area contributed by atoms with Gasteiger partial charge in [0.2, 0.25) is 0 Å².